The van der Waals surface area contributed by atoms with Gasteiger partial charge >= 0.3 is 6.09 Å². The molecule has 2 heterocycles. The van der Waals surface area contributed by atoms with Gasteiger partial charge in [-0.25, -0.2) is 9.78 Å². The highest BCUT2D eigenvalue weighted by molar-refractivity contribution is 7.15. The fourth-order valence-corrected chi connectivity index (χ4v) is 3.53. The summed E-state index contributed by atoms with van der Waals surface area (Å²) in [6.45, 7) is 6.78. The van der Waals surface area contributed by atoms with Crippen LogP contribution in [0.2, 0.25) is 0 Å². The van der Waals surface area contributed by atoms with E-state index in [9.17, 15) is 9.90 Å². The minimum absolute atomic E-state index is 0.242. The van der Waals surface area contributed by atoms with Crippen molar-refractivity contribution < 1.29 is 14.6 Å². The summed E-state index contributed by atoms with van der Waals surface area (Å²) in [5.41, 5.74) is 1.55. The molecule has 0 saturated carbocycles. The number of aromatic hydroxyl groups is 1. The van der Waals surface area contributed by atoms with Crippen LogP contribution in [0.3, 0.4) is 0 Å². The first-order valence-corrected chi connectivity index (χ1v) is 8.39. The number of hydrogen-bond donors (Lipinski definition) is 1. The average Bonchev–Trinajstić information content (AvgIpc) is 2.89. The van der Waals surface area contributed by atoms with Gasteiger partial charge in [0.2, 0.25) is 0 Å². The van der Waals surface area contributed by atoms with Crippen LogP contribution >= 0.6 is 11.3 Å². The molecule has 2 aromatic rings. The number of fused-ring (bicyclic) bond motifs is 1. The number of nitrogens with zero attached hydrogens (tertiary/aromatic N) is 2. The molecule has 1 aliphatic heterocycles. The minimum atomic E-state index is -0.484. The molecule has 0 aliphatic carbocycles. The highest BCUT2D eigenvalue weighted by Gasteiger charge is 2.27. The van der Waals surface area contributed by atoms with Crippen molar-refractivity contribution in [3.8, 4) is 16.3 Å². The van der Waals surface area contributed by atoms with E-state index in [0.29, 0.717) is 13.1 Å². The second-order valence-corrected chi connectivity index (χ2v) is 7.67. The van der Waals surface area contributed by atoms with Crippen LogP contribution in [0.15, 0.2) is 24.3 Å². The van der Waals surface area contributed by atoms with Gasteiger partial charge in [-0.1, -0.05) is 0 Å². The molecule has 3 rings (SSSR count). The zero-order valence-corrected chi connectivity index (χ0v) is 14.3. The predicted octanol–water partition coefficient (Wildman–Crippen LogP) is 3.81. The first-order valence-electron chi connectivity index (χ1n) is 7.58. The van der Waals surface area contributed by atoms with Crippen LogP contribution in [-0.2, 0) is 17.7 Å². The maximum Gasteiger partial charge on any atom is 0.410 e. The number of amides is 1. The van der Waals surface area contributed by atoms with Gasteiger partial charge in [0.1, 0.15) is 16.4 Å². The topological polar surface area (TPSA) is 62.7 Å². The molecule has 1 N–H and O–H groups in total. The van der Waals surface area contributed by atoms with Crippen LogP contribution in [0.4, 0.5) is 4.79 Å². The van der Waals surface area contributed by atoms with Crippen molar-refractivity contribution in [3.63, 3.8) is 0 Å². The summed E-state index contributed by atoms with van der Waals surface area (Å²) in [6, 6.07) is 7.02. The fraction of sp³-hybridized carbons (Fsp3) is 0.412. The maximum absolute atomic E-state index is 12.2. The summed E-state index contributed by atoms with van der Waals surface area (Å²) < 4.78 is 5.44. The van der Waals surface area contributed by atoms with E-state index in [2.05, 4.69) is 4.98 Å². The molecule has 0 fully saturated rings. The molecule has 0 radical (unpaired) electrons. The van der Waals surface area contributed by atoms with Crippen LogP contribution in [0.25, 0.3) is 10.6 Å². The van der Waals surface area contributed by atoms with Crippen molar-refractivity contribution in [1.29, 1.82) is 0 Å². The monoisotopic (exact) mass is 332 g/mol. The standard InChI is InChI=1S/C17H20N2O3S/c1-17(2,3)22-16(21)19-9-8-13-14(10-19)23-15(18-13)11-4-6-12(20)7-5-11/h4-7,20H,8-10H2,1-3H3. The van der Waals surface area contributed by atoms with Gasteiger partial charge in [0, 0.05) is 23.4 Å². The third-order valence-electron chi connectivity index (χ3n) is 3.50. The number of ether oxygens (including phenoxy) is 1. The molecule has 0 unspecified atom stereocenters. The van der Waals surface area contributed by atoms with Gasteiger partial charge < -0.3 is 14.7 Å². The Morgan fingerprint density at radius 1 is 1.30 bits per heavy atom. The summed E-state index contributed by atoms with van der Waals surface area (Å²) in [6.07, 6.45) is 0.464. The van der Waals surface area contributed by atoms with Crippen molar-refractivity contribution in [3.05, 3.63) is 34.8 Å². The number of phenolic OH excluding ortho intramolecular Hbond substituents is 1. The molecule has 1 aliphatic rings. The normalized spacial score (nSPS) is 14.5. The third-order valence-corrected chi connectivity index (χ3v) is 4.63. The van der Waals surface area contributed by atoms with Gasteiger partial charge in [0.25, 0.3) is 0 Å². The van der Waals surface area contributed by atoms with E-state index >= 15 is 0 Å². The Bertz CT molecular complexity index is 716. The molecule has 1 amide bonds. The fourth-order valence-electron chi connectivity index (χ4n) is 2.41. The van der Waals surface area contributed by atoms with E-state index in [-0.39, 0.29) is 11.8 Å². The van der Waals surface area contributed by atoms with E-state index < -0.39 is 5.60 Å². The zero-order chi connectivity index (χ0) is 16.6. The Morgan fingerprint density at radius 3 is 2.65 bits per heavy atom. The Labute approximate surface area is 139 Å². The molecular formula is C17H20N2O3S. The molecule has 0 bridgehead atoms. The Hall–Kier alpha value is -2.08. The lowest BCUT2D eigenvalue weighted by Gasteiger charge is -2.29. The predicted molar refractivity (Wildman–Crippen MR) is 89.6 cm³/mol. The van der Waals surface area contributed by atoms with Gasteiger partial charge in [0.05, 0.1) is 12.2 Å². The summed E-state index contributed by atoms with van der Waals surface area (Å²) >= 11 is 1.59. The van der Waals surface area contributed by atoms with Crippen LogP contribution in [0.5, 0.6) is 5.75 Å². The lowest BCUT2D eigenvalue weighted by Crippen LogP contribution is -2.39. The number of phenols is 1. The quantitative estimate of drug-likeness (QED) is 0.862. The molecule has 0 saturated heterocycles. The molecule has 0 spiro atoms. The summed E-state index contributed by atoms with van der Waals surface area (Å²) in [7, 11) is 0. The molecule has 0 atom stereocenters. The van der Waals surface area contributed by atoms with Crippen LogP contribution in [0.1, 0.15) is 31.3 Å². The lowest BCUT2D eigenvalue weighted by molar-refractivity contribution is 0.0225. The van der Waals surface area contributed by atoms with Crippen molar-refractivity contribution in [1.82, 2.24) is 9.88 Å². The first kappa shape index (κ1) is 15.8. The number of carbonyl (C=O) groups is 1. The minimum Gasteiger partial charge on any atom is -0.508 e. The maximum atomic E-state index is 12.2. The third kappa shape index (κ3) is 3.64. The van der Waals surface area contributed by atoms with Crippen LogP contribution in [0, 0.1) is 0 Å². The number of benzene rings is 1. The average molecular weight is 332 g/mol. The second-order valence-electron chi connectivity index (χ2n) is 6.59. The first-order chi connectivity index (χ1) is 10.8. The SMILES string of the molecule is CC(C)(C)OC(=O)N1CCc2nc(-c3ccc(O)cc3)sc2C1. The van der Waals surface area contributed by atoms with Gasteiger partial charge in [-0.05, 0) is 45.0 Å². The van der Waals surface area contributed by atoms with E-state index in [0.717, 1.165) is 27.6 Å². The van der Waals surface area contributed by atoms with Gasteiger partial charge in [-0.3, -0.25) is 0 Å². The molecule has 122 valence electrons. The van der Waals surface area contributed by atoms with Crippen LogP contribution in [-0.4, -0.2) is 33.2 Å². The summed E-state index contributed by atoms with van der Waals surface area (Å²) in [4.78, 5) is 19.7. The van der Waals surface area contributed by atoms with Crippen LogP contribution < -0.4 is 0 Å². The largest absolute Gasteiger partial charge is 0.508 e. The van der Waals surface area contributed by atoms with Crippen molar-refractivity contribution in [2.45, 2.75) is 39.3 Å². The zero-order valence-electron chi connectivity index (χ0n) is 13.5. The molecule has 1 aromatic heterocycles. The van der Waals surface area contributed by atoms with Crippen molar-refractivity contribution in [2.24, 2.45) is 0 Å². The molecule has 23 heavy (non-hydrogen) atoms. The second kappa shape index (κ2) is 5.85. The van der Waals surface area contributed by atoms with Gasteiger partial charge in [-0.15, -0.1) is 11.3 Å². The number of aromatic nitrogens is 1. The lowest BCUT2D eigenvalue weighted by atomic mass is 10.2. The Morgan fingerprint density at radius 2 is 2.00 bits per heavy atom. The van der Waals surface area contributed by atoms with E-state index in [1.54, 1.807) is 28.4 Å². The highest BCUT2D eigenvalue weighted by atomic mass is 32.1. The molecule has 5 nitrogen and oxygen atoms in total. The summed E-state index contributed by atoms with van der Waals surface area (Å²) in [5.74, 6) is 0.242. The number of rotatable bonds is 1. The molecule has 6 heteroatoms. The highest BCUT2D eigenvalue weighted by Crippen LogP contribution is 2.32. The Balaban J connectivity index is 1.77. The summed E-state index contributed by atoms with van der Waals surface area (Å²) in [5, 5.41) is 10.3. The van der Waals surface area contributed by atoms with Gasteiger partial charge in [-0.2, -0.15) is 0 Å². The number of hydrogen-bond acceptors (Lipinski definition) is 5. The van der Waals surface area contributed by atoms with E-state index in [4.69, 9.17) is 4.74 Å². The molecule has 1 aromatic carbocycles. The van der Waals surface area contributed by atoms with Gasteiger partial charge in [0.15, 0.2) is 0 Å². The number of thiazole rings is 1. The van der Waals surface area contributed by atoms with E-state index in [1.165, 1.54) is 0 Å². The van der Waals surface area contributed by atoms with Crippen molar-refractivity contribution >= 4 is 17.4 Å². The smallest absolute Gasteiger partial charge is 0.410 e. The van der Waals surface area contributed by atoms with Crippen molar-refractivity contribution in [2.75, 3.05) is 6.54 Å². The number of carbonyl (C=O) groups excluding carboxylic acids is 1. The van der Waals surface area contributed by atoms with E-state index in [1.807, 2.05) is 32.9 Å². The Kier molecular flexibility index (Phi) is 4.02. The molecular weight excluding hydrogens is 312 g/mol.